The molecule has 0 spiro atoms. The second kappa shape index (κ2) is 6.61. The molecule has 0 heterocycles. The Balaban J connectivity index is 2.28. The van der Waals surface area contributed by atoms with Gasteiger partial charge in [0, 0.05) is 0 Å². The summed E-state index contributed by atoms with van der Waals surface area (Å²) >= 11 is 0. The van der Waals surface area contributed by atoms with Gasteiger partial charge in [-0.15, -0.1) is 6.58 Å². The average Bonchev–Trinajstić information content (AvgIpc) is 2.49. The van der Waals surface area contributed by atoms with E-state index in [0.29, 0.717) is 6.61 Å². The van der Waals surface area contributed by atoms with E-state index in [0.717, 1.165) is 17.1 Å². The van der Waals surface area contributed by atoms with E-state index in [-0.39, 0.29) is 0 Å². The summed E-state index contributed by atoms with van der Waals surface area (Å²) in [5, 5.41) is 1.78. The first-order valence-corrected chi connectivity index (χ1v) is 6.08. The van der Waals surface area contributed by atoms with Crippen molar-refractivity contribution in [2.75, 3.05) is 18.8 Å². The van der Waals surface area contributed by atoms with Crippen molar-refractivity contribution in [2.24, 2.45) is 0 Å². The Morgan fingerprint density at radius 2 is 1.63 bits per heavy atom. The Morgan fingerprint density at radius 3 is 2.21 bits per heavy atom. The van der Waals surface area contributed by atoms with E-state index < -0.39 is 0 Å². The molecule has 0 aliphatic heterocycles. The number of anilines is 2. The SMILES string of the molecule is C=CCON(c1ccccc1)c1ccc(OC)cc1. The van der Waals surface area contributed by atoms with Crippen molar-refractivity contribution < 1.29 is 9.57 Å². The first kappa shape index (κ1) is 13.2. The van der Waals surface area contributed by atoms with Crippen LogP contribution in [0.4, 0.5) is 11.4 Å². The minimum Gasteiger partial charge on any atom is -0.497 e. The summed E-state index contributed by atoms with van der Waals surface area (Å²) in [5.74, 6) is 0.820. The molecular weight excluding hydrogens is 238 g/mol. The minimum absolute atomic E-state index is 0.445. The third-order valence-corrected chi connectivity index (χ3v) is 2.62. The van der Waals surface area contributed by atoms with Gasteiger partial charge < -0.3 is 4.74 Å². The topological polar surface area (TPSA) is 21.7 Å². The Hall–Kier alpha value is -2.26. The molecule has 19 heavy (non-hydrogen) atoms. The van der Waals surface area contributed by atoms with Crippen LogP contribution in [-0.2, 0) is 4.84 Å². The third-order valence-electron chi connectivity index (χ3n) is 2.62. The first-order valence-electron chi connectivity index (χ1n) is 6.08. The van der Waals surface area contributed by atoms with Crippen LogP contribution >= 0.6 is 0 Å². The van der Waals surface area contributed by atoms with E-state index in [1.807, 2.05) is 54.6 Å². The lowest BCUT2D eigenvalue weighted by molar-refractivity contribution is 0.164. The van der Waals surface area contributed by atoms with Crippen molar-refractivity contribution in [1.82, 2.24) is 0 Å². The van der Waals surface area contributed by atoms with Crippen LogP contribution in [0.2, 0.25) is 0 Å². The van der Waals surface area contributed by atoms with Gasteiger partial charge in [0.15, 0.2) is 0 Å². The van der Waals surface area contributed by atoms with Gasteiger partial charge >= 0.3 is 0 Å². The van der Waals surface area contributed by atoms with Gasteiger partial charge in [-0.05, 0) is 36.4 Å². The first-order chi connectivity index (χ1) is 9.35. The Morgan fingerprint density at radius 1 is 1.00 bits per heavy atom. The normalized spacial score (nSPS) is 9.95. The quantitative estimate of drug-likeness (QED) is 0.576. The van der Waals surface area contributed by atoms with Gasteiger partial charge in [-0.25, -0.2) is 5.06 Å². The maximum atomic E-state index is 5.71. The molecule has 3 heteroatoms. The van der Waals surface area contributed by atoms with Crippen LogP contribution in [0, 0.1) is 0 Å². The summed E-state index contributed by atoms with van der Waals surface area (Å²) in [7, 11) is 1.65. The van der Waals surface area contributed by atoms with E-state index in [4.69, 9.17) is 9.57 Å². The van der Waals surface area contributed by atoms with Crippen molar-refractivity contribution in [2.45, 2.75) is 0 Å². The van der Waals surface area contributed by atoms with E-state index in [9.17, 15) is 0 Å². The predicted molar refractivity (Wildman–Crippen MR) is 77.7 cm³/mol. The summed E-state index contributed by atoms with van der Waals surface area (Å²) in [4.78, 5) is 5.71. The molecule has 0 bridgehead atoms. The number of ether oxygens (including phenoxy) is 1. The lowest BCUT2D eigenvalue weighted by Crippen LogP contribution is -2.17. The van der Waals surface area contributed by atoms with Crippen molar-refractivity contribution >= 4 is 11.4 Å². The highest BCUT2D eigenvalue weighted by molar-refractivity contribution is 5.61. The van der Waals surface area contributed by atoms with Gasteiger partial charge in [-0.2, -0.15) is 0 Å². The average molecular weight is 255 g/mol. The van der Waals surface area contributed by atoms with Crippen LogP contribution in [0.15, 0.2) is 67.3 Å². The summed E-state index contributed by atoms with van der Waals surface area (Å²) in [6.07, 6.45) is 1.72. The van der Waals surface area contributed by atoms with Gasteiger partial charge in [0.2, 0.25) is 0 Å². The Kier molecular flexibility index (Phi) is 4.59. The molecule has 0 saturated carbocycles. The second-order valence-corrected chi connectivity index (χ2v) is 3.91. The summed E-state index contributed by atoms with van der Waals surface area (Å²) in [5.41, 5.74) is 1.91. The molecule has 0 aliphatic carbocycles. The highest BCUT2D eigenvalue weighted by Gasteiger charge is 2.09. The van der Waals surface area contributed by atoms with Gasteiger partial charge in [-0.1, -0.05) is 24.3 Å². The van der Waals surface area contributed by atoms with E-state index >= 15 is 0 Å². The molecule has 98 valence electrons. The fourth-order valence-electron chi connectivity index (χ4n) is 1.71. The smallest absolute Gasteiger partial charge is 0.119 e. The number of methoxy groups -OCH3 is 1. The molecular formula is C16H17NO2. The molecule has 3 nitrogen and oxygen atoms in total. The van der Waals surface area contributed by atoms with E-state index in [2.05, 4.69) is 6.58 Å². The standard InChI is InChI=1S/C16H17NO2/c1-3-13-19-17(14-7-5-4-6-8-14)15-9-11-16(18-2)12-10-15/h3-12H,1,13H2,2H3. The van der Waals surface area contributed by atoms with Crippen LogP contribution < -0.4 is 9.80 Å². The third kappa shape index (κ3) is 3.36. The van der Waals surface area contributed by atoms with E-state index in [1.54, 1.807) is 18.2 Å². The second-order valence-electron chi connectivity index (χ2n) is 3.91. The minimum atomic E-state index is 0.445. The fraction of sp³-hybridized carbons (Fsp3) is 0.125. The molecule has 0 N–H and O–H groups in total. The zero-order chi connectivity index (χ0) is 13.5. The lowest BCUT2D eigenvalue weighted by atomic mass is 10.2. The summed E-state index contributed by atoms with van der Waals surface area (Å²) in [6.45, 7) is 4.12. The summed E-state index contributed by atoms with van der Waals surface area (Å²) in [6, 6.07) is 17.6. The largest absolute Gasteiger partial charge is 0.497 e. The number of para-hydroxylation sites is 1. The Bertz CT molecular complexity index is 508. The van der Waals surface area contributed by atoms with Crippen LogP contribution in [-0.4, -0.2) is 13.7 Å². The molecule has 0 radical (unpaired) electrons. The van der Waals surface area contributed by atoms with Gasteiger partial charge in [-0.3, -0.25) is 4.84 Å². The molecule has 0 aromatic heterocycles. The van der Waals surface area contributed by atoms with E-state index in [1.165, 1.54) is 0 Å². The number of hydrogen-bond donors (Lipinski definition) is 0. The highest BCUT2D eigenvalue weighted by Crippen LogP contribution is 2.27. The molecule has 0 unspecified atom stereocenters. The van der Waals surface area contributed by atoms with Gasteiger partial charge in [0.25, 0.3) is 0 Å². The zero-order valence-electron chi connectivity index (χ0n) is 11.0. The highest BCUT2D eigenvalue weighted by atomic mass is 16.7. The van der Waals surface area contributed by atoms with Crippen molar-refractivity contribution in [1.29, 1.82) is 0 Å². The molecule has 0 amide bonds. The lowest BCUT2D eigenvalue weighted by Gasteiger charge is -2.23. The molecule has 2 rings (SSSR count). The Labute approximate surface area is 113 Å². The number of nitrogens with zero attached hydrogens (tertiary/aromatic N) is 1. The van der Waals surface area contributed by atoms with Gasteiger partial charge in [0.05, 0.1) is 25.1 Å². The molecule has 2 aromatic carbocycles. The van der Waals surface area contributed by atoms with Crippen molar-refractivity contribution in [3.63, 3.8) is 0 Å². The van der Waals surface area contributed by atoms with Crippen molar-refractivity contribution in [3.05, 3.63) is 67.3 Å². The van der Waals surface area contributed by atoms with Crippen LogP contribution in [0.25, 0.3) is 0 Å². The van der Waals surface area contributed by atoms with Gasteiger partial charge in [0.1, 0.15) is 5.75 Å². The van der Waals surface area contributed by atoms with Crippen LogP contribution in [0.5, 0.6) is 5.75 Å². The number of hydrogen-bond acceptors (Lipinski definition) is 3. The molecule has 0 saturated heterocycles. The maximum absolute atomic E-state index is 5.71. The number of benzene rings is 2. The monoisotopic (exact) mass is 255 g/mol. The predicted octanol–water partition coefficient (Wildman–Crippen LogP) is 3.95. The molecule has 0 fully saturated rings. The van der Waals surface area contributed by atoms with Crippen molar-refractivity contribution in [3.8, 4) is 5.75 Å². The van der Waals surface area contributed by atoms with Crippen LogP contribution in [0.3, 0.4) is 0 Å². The number of rotatable bonds is 6. The zero-order valence-corrected chi connectivity index (χ0v) is 11.0. The fourth-order valence-corrected chi connectivity index (χ4v) is 1.71. The molecule has 0 aliphatic rings. The summed E-state index contributed by atoms with van der Waals surface area (Å²) < 4.78 is 5.16. The van der Waals surface area contributed by atoms with Crippen LogP contribution in [0.1, 0.15) is 0 Å². The maximum Gasteiger partial charge on any atom is 0.119 e. The molecule has 2 aromatic rings. The molecule has 0 atom stereocenters.